The van der Waals surface area contributed by atoms with Crippen molar-refractivity contribution in [3.63, 3.8) is 0 Å². The van der Waals surface area contributed by atoms with Gasteiger partial charge in [0.2, 0.25) is 5.89 Å². The number of hydrogen-bond acceptors (Lipinski definition) is 6. The highest BCUT2D eigenvalue weighted by Gasteiger charge is 2.26. The molecule has 8 nitrogen and oxygen atoms in total. The van der Waals surface area contributed by atoms with E-state index in [1.54, 1.807) is 11.8 Å². The summed E-state index contributed by atoms with van der Waals surface area (Å²) in [5.41, 5.74) is 0. The van der Waals surface area contributed by atoms with Crippen molar-refractivity contribution in [3.05, 3.63) is 29.9 Å². The molecule has 1 aliphatic rings. The predicted octanol–water partition coefficient (Wildman–Crippen LogP) is 2.59. The Morgan fingerprint density at radius 2 is 2.35 bits per heavy atom. The van der Waals surface area contributed by atoms with Crippen LogP contribution in [-0.4, -0.2) is 49.5 Å². The van der Waals surface area contributed by atoms with Gasteiger partial charge in [-0.1, -0.05) is 5.16 Å². The number of aromatic nitrogens is 4. The van der Waals surface area contributed by atoms with E-state index in [0.717, 1.165) is 38.2 Å². The number of thioether (sulfide) groups is 1. The first kappa shape index (κ1) is 18.8. The molecular formula is C17H26N6O2S. The zero-order chi connectivity index (χ0) is 18.4. The minimum atomic E-state index is -0.0540. The van der Waals surface area contributed by atoms with Crippen LogP contribution in [0.4, 0.5) is 4.79 Å². The van der Waals surface area contributed by atoms with Crippen LogP contribution in [0.5, 0.6) is 0 Å². The first-order valence-electron chi connectivity index (χ1n) is 9.00. The van der Waals surface area contributed by atoms with E-state index in [4.69, 9.17) is 4.52 Å². The summed E-state index contributed by atoms with van der Waals surface area (Å²) in [5.74, 6) is 2.83. The molecule has 0 aromatic carbocycles. The van der Waals surface area contributed by atoms with Gasteiger partial charge in [0.25, 0.3) is 0 Å². The number of amides is 2. The Hall–Kier alpha value is -2.03. The molecule has 0 saturated carbocycles. The smallest absolute Gasteiger partial charge is 0.318 e. The molecule has 0 bridgehead atoms. The normalized spacial score (nSPS) is 17.5. The molecule has 1 atom stereocenters. The third kappa shape index (κ3) is 4.78. The molecule has 3 heterocycles. The quantitative estimate of drug-likeness (QED) is 0.797. The van der Waals surface area contributed by atoms with Crippen LogP contribution in [0.15, 0.2) is 16.9 Å². The van der Waals surface area contributed by atoms with E-state index in [1.165, 1.54) is 6.42 Å². The minimum absolute atomic E-state index is 0.0540. The zero-order valence-corrected chi connectivity index (χ0v) is 16.2. The molecule has 1 fully saturated rings. The Morgan fingerprint density at radius 3 is 3.12 bits per heavy atom. The average molecular weight is 379 g/mol. The molecule has 0 aliphatic carbocycles. The lowest BCUT2D eigenvalue weighted by molar-refractivity contribution is 0.142. The number of rotatable bonds is 7. The Kier molecular flexibility index (Phi) is 6.54. The monoisotopic (exact) mass is 378 g/mol. The van der Waals surface area contributed by atoms with E-state index in [-0.39, 0.29) is 18.6 Å². The lowest BCUT2D eigenvalue weighted by Crippen LogP contribution is -2.48. The van der Waals surface area contributed by atoms with Crippen molar-refractivity contribution in [1.29, 1.82) is 0 Å². The number of carbonyl (C=O) groups excluding carboxylic acids is 1. The summed E-state index contributed by atoms with van der Waals surface area (Å²) in [5, 5.41) is 6.82. The van der Waals surface area contributed by atoms with Crippen LogP contribution < -0.4 is 5.32 Å². The second kappa shape index (κ2) is 9.07. The summed E-state index contributed by atoms with van der Waals surface area (Å²) in [6.45, 7) is 3.94. The highest BCUT2D eigenvalue weighted by Crippen LogP contribution is 2.20. The number of hydrogen-bond donors (Lipinski definition) is 1. The van der Waals surface area contributed by atoms with E-state index in [0.29, 0.717) is 17.5 Å². The van der Waals surface area contributed by atoms with Crippen molar-refractivity contribution < 1.29 is 9.32 Å². The third-order valence-electron chi connectivity index (χ3n) is 4.69. The molecule has 1 N–H and O–H groups in total. The topological polar surface area (TPSA) is 89.1 Å². The number of aryl methyl sites for hydroxylation is 2. The number of imidazole rings is 1. The maximum Gasteiger partial charge on any atom is 0.318 e. The van der Waals surface area contributed by atoms with Crippen molar-refractivity contribution in [2.24, 2.45) is 0 Å². The number of nitrogens with zero attached hydrogens (tertiary/aromatic N) is 5. The van der Waals surface area contributed by atoms with Gasteiger partial charge in [0.1, 0.15) is 5.82 Å². The van der Waals surface area contributed by atoms with E-state index in [1.807, 2.05) is 30.5 Å². The highest BCUT2D eigenvalue weighted by molar-refractivity contribution is 7.97. The molecule has 26 heavy (non-hydrogen) atoms. The fourth-order valence-electron chi connectivity index (χ4n) is 3.30. The molecule has 0 radical (unpaired) electrons. The molecule has 2 aromatic rings. The molecule has 9 heteroatoms. The molecule has 0 spiro atoms. The van der Waals surface area contributed by atoms with Crippen LogP contribution in [0, 0.1) is 6.92 Å². The first-order valence-corrected chi connectivity index (χ1v) is 10.4. The number of nitrogens with one attached hydrogen (secondary N) is 1. The van der Waals surface area contributed by atoms with Gasteiger partial charge in [-0.15, -0.1) is 0 Å². The van der Waals surface area contributed by atoms with Crippen LogP contribution in [-0.2, 0) is 18.8 Å². The van der Waals surface area contributed by atoms with Crippen LogP contribution in [0.1, 0.15) is 43.2 Å². The molecule has 2 aromatic heterocycles. The maximum absolute atomic E-state index is 12.6. The number of urea groups is 1. The van der Waals surface area contributed by atoms with Crippen LogP contribution in [0.25, 0.3) is 0 Å². The summed E-state index contributed by atoms with van der Waals surface area (Å²) < 4.78 is 7.31. The standard InChI is InChI=1S/C17H26N6O2S/c1-13-18-7-10-22(13)9-6-14-5-3-4-8-23(14)17(24)19-11-16-20-15(12-26-2)21-25-16/h7,10,14H,3-6,8-9,11-12H2,1-2H3,(H,19,24)/t14-/m1/s1. The Bertz CT molecular complexity index is 716. The molecule has 1 saturated heterocycles. The second-order valence-corrected chi connectivity index (χ2v) is 7.36. The molecule has 2 amide bonds. The van der Waals surface area contributed by atoms with Crippen molar-refractivity contribution in [3.8, 4) is 0 Å². The van der Waals surface area contributed by atoms with Crippen LogP contribution in [0.3, 0.4) is 0 Å². The fourth-order valence-corrected chi connectivity index (χ4v) is 3.67. The highest BCUT2D eigenvalue weighted by atomic mass is 32.2. The second-order valence-electron chi connectivity index (χ2n) is 6.50. The number of likely N-dealkylation sites (tertiary alicyclic amines) is 1. The lowest BCUT2D eigenvalue weighted by Gasteiger charge is -2.35. The third-order valence-corrected chi connectivity index (χ3v) is 5.24. The van der Waals surface area contributed by atoms with Gasteiger partial charge in [-0.25, -0.2) is 9.78 Å². The molecular weight excluding hydrogens is 352 g/mol. The van der Waals surface area contributed by atoms with Crippen molar-refractivity contribution in [2.75, 3.05) is 12.8 Å². The number of carbonyl (C=O) groups is 1. The van der Waals surface area contributed by atoms with Gasteiger partial charge in [0.05, 0.1) is 12.3 Å². The molecule has 142 valence electrons. The van der Waals surface area contributed by atoms with E-state index in [2.05, 4.69) is 25.0 Å². The van der Waals surface area contributed by atoms with Gasteiger partial charge in [0.15, 0.2) is 5.82 Å². The van der Waals surface area contributed by atoms with Crippen LogP contribution in [0.2, 0.25) is 0 Å². The van der Waals surface area contributed by atoms with Gasteiger partial charge in [-0.2, -0.15) is 16.7 Å². The maximum atomic E-state index is 12.6. The Balaban J connectivity index is 1.52. The predicted molar refractivity (Wildman–Crippen MR) is 99.7 cm³/mol. The Labute approximate surface area is 157 Å². The van der Waals surface area contributed by atoms with E-state index in [9.17, 15) is 4.79 Å². The molecule has 3 rings (SSSR count). The first-order chi connectivity index (χ1) is 12.7. The lowest BCUT2D eigenvalue weighted by atomic mass is 9.99. The summed E-state index contributed by atoms with van der Waals surface area (Å²) in [7, 11) is 0. The zero-order valence-electron chi connectivity index (χ0n) is 15.3. The summed E-state index contributed by atoms with van der Waals surface area (Å²) in [4.78, 5) is 23.1. The molecule has 1 aliphatic heterocycles. The van der Waals surface area contributed by atoms with Gasteiger partial charge in [-0.3, -0.25) is 0 Å². The molecule has 0 unspecified atom stereocenters. The van der Waals surface area contributed by atoms with Crippen molar-refractivity contribution >= 4 is 17.8 Å². The minimum Gasteiger partial charge on any atom is -0.337 e. The van der Waals surface area contributed by atoms with Gasteiger partial charge in [-0.05, 0) is 38.9 Å². The van der Waals surface area contributed by atoms with Crippen molar-refractivity contribution in [2.45, 2.75) is 57.5 Å². The summed E-state index contributed by atoms with van der Waals surface area (Å²) >= 11 is 1.63. The van der Waals surface area contributed by atoms with Crippen LogP contribution >= 0.6 is 11.8 Å². The summed E-state index contributed by atoms with van der Waals surface area (Å²) in [6, 6.07) is 0.196. The van der Waals surface area contributed by atoms with Crippen molar-refractivity contribution in [1.82, 2.24) is 29.9 Å². The Morgan fingerprint density at radius 1 is 1.46 bits per heavy atom. The van der Waals surface area contributed by atoms with E-state index < -0.39 is 0 Å². The SMILES string of the molecule is CSCc1noc(CNC(=O)N2CCCC[C@@H]2CCn2ccnc2C)n1. The number of piperidine rings is 1. The summed E-state index contributed by atoms with van der Waals surface area (Å²) in [6.07, 6.45) is 9.98. The fraction of sp³-hybridized carbons (Fsp3) is 0.647. The van der Waals surface area contributed by atoms with Gasteiger partial charge >= 0.3 is 6.03 Å². The van der Waals surface area contributed by atoms with Gasteiger partial charge < -0.3 is 19.3 Å². The largest absolute Gasteiger partial charge is 0.337 e. The van der Waals surface area contributed by atoms with E-state index >= 15 is 0 Å². The average Bonchev–Trinajstić information content (AvgIpc) is 3.27. The van der Waals surface area contributed by atoms with Gasteiger partial charge in [0, 0.05) is 31.5 Å².